The van der Waals surface area contributed by atoms with Crippen LogP contribution in [0.4, 0.5) is 5.69 Å². The van der Waals surface area contributed by atoms with Crippen LogP contribution in [-0.4, -0.2) is 23.5 Å². The summed E-state index contributed by atoms with van der Waals surface area (Å²) in [7, 11) is 1.69. The molecule has 0 spiro atoms. The minimum absolute atomic E-state index is 0.660. The zero-order valence-corrected chi connectivity index (χ0v) is 11.4. The number of anilines is 1. The van der Waals surface area contributed by atoms with Gasteiger partial charge in [0.15, 0.2) is 0 Å². The van der Waals surface area contributed by atoms with E-state index in [1.807, 2.05) is 35.3 Å². The number of hydrogen-bond donors (Lipinski definition) is 1. The van der Waals surface area contributed by atoms with Crippen molar-refractivity contribution in [1.82, 2.24) is 9.78 Å². The molecule has 0 saturated heterocycles. The van der Waals surface area contributed by atoms with Crippen LogP contribution in [0.3, 0.4) is 0 Å². The minimum Gasteiger partial charge on any atom is -0.464 e. The molecule has 0 unspecified atom stereocenters. The second kappa shape index (κ2) is 5.79. The highest BCUT2D eigenvalue weighted by Crippen LogP contribution is 2.21. The monoisotopic (exact) mass is 271 g/mol. The zero-order chi connectivity index (χ0) is 13.8. The molecule has 0 aliphatic rings. The lowest BCUT2D eigenvalue weighted by Crippen LogP contribution is -2.04. The molecule has 5 nitrogen and oxygen atoms in total. The summed E-state index contributed by atoms with van der Waals surface area (Å²) in [6.45, 7) is 2.13. The standard InChI is InChI=1S/C15H17N3O2/c1-19-7-6-18-10-13(9-17-18)16-8-12-11-20-15-5-3-2-4-14(12)15/h2-5,9-11,16H,6-8H2,1H3. The Hall–Kier alpha value is -2.27. The van der Waals surface area contributed by atoms with E-state index in [0.717, 1.165) is 28.8 Å². The Kier molecular flexibility index (Phi) is 3.69. The molecule has 0 fully saturated rings. The number of nitrogens with one attached hydrogen (secondary N) is 1. The molecule has 1 N–H and O–H groups in total. The van der Waals surface area contributed by atoms with Crippen LogP contribution in [0.25, 0.3) is 11.0 Å². The summed E-state index contributed by atoms with van der Waals surface area (Å²) >= 11 is 0. The highest BCUT2D eigenvalue weighted by Gasteiger charge is 2.05. The van der Waals surface area contributed by atoms with Gasteiger partial charge in [-0.15, -0.1) is 0 Å². The van der Waals surface area contributed by atoms with E-state index in [-0.39, 0.29) is 0 Å². The summed E-state index contributed by atoms with van der Waals surface area (Å²) in [6.07, 6.45) is 5.59. The average Bonchev–Trinajstić information content (AvgIpc) is 3.10. The lowest BCUT2D eigenvalue weighted by Gasteiger charge is -2.01. The van der Waals surface area contributed by atoms with E-state index >= 15 is 0 Å². The van der Waals surface area contributed by atoms with Crippen LogP contribution in [0.2, 0.25) is 0 Å². The molecule has 0 aliphatic carbocycles. The SMILES string of the molecule is COCCn1cc(NCc2coc3ccccc23)cn1. The van der Waals surface area contributed by atoms with Crippen molar-refractivity contribution in [3.63, 3.8) is 0 Å². The van der Waals surface area contributed by atoms with Crippen molar-refractivity contribution in [3.8, 4) is 0 Å². The first-order chi connectivity index (χ1) is 9.86. The Balaban J connectivity index is 1.65. The quantitative estimate of drug-likeness (QED) is 0.749. The van der Waals surface area contributed by atoms with Gasteiger partial charge in [-0.05, 0) is 6.07 Å². The van der Waals surface area contributed by atoms with Crippen molar-refractivity contribution in [3.05, 3.63) is 48.5 Å². The molecule has 0 atom stereocenters. The van der Waals surface area contributed by atoms with E-state index in [4.69, 9.17) is 9.15 Å². The maximum absolute atomic E-state index is 5.52. The van der Waals surface area contributed by atoms with E-state index in [0.29, 0.717) is 13.2 Å². The summed E-state index contributed by atoms with van der Waals surface area (Å²) in [6, 6.07) is 8.03. The summed E-state index contributed by atoms with van der Waals surface area (Å²) in [5.74, 6) is 0. The molecule has 104 valence electrons. The van der Waals surface area contributed by atoms with Crippen LogP contribution in [0.15, 0.2) is 47.3 Å². The lowest BCUT2D eigenvalue weighted by molar-refractivity contribution is 0.183. The van der Waals surface area contributed by atoms with Gasteiger partial charge in [0.05, 0.1) is 31.3 Å². The first kappa shape index (κ1) is 12.7. The number of furan rings is 1. The van der Waals surface area contributed by atoms with Gasteiger partial charge < -0.3 is 14.5 Å². The van der Waals surface area contributed by atoms with Crippen LogP contribution < -0.4 is 5.32 Å². The number of fused-ring (bicyclic) bond motifs is 1. The van der Waals surface area contributed by atoms with Crippen molar-refractivity contribution < 1.29 is 9.15 Å². The smallest absolute Gasteiger partial charge is 0.134 e. The molecule has 0 aliphatic heterocycles. The second-order valence-electron chi connectivity index (χ2n) is 4.60. The Bertz CT molecular complexity index is 687. The van der Waals surface area contributed by atoms with Crippen molar-refractivity contribution in [2.45, 2.75) is 13.1 Å². The molecule has 20 heavy (non-hydrogen) atoms. The summed E-state index contributed by atoms with van der Waals surface area (Å²) in [5.41, 5.74) is 3.05. The number of methoxy groups -OCH3 is 1. The third-order valence-electron chi connectivity index (χ3n) is 3.20. The molecule has 5 heteroatoms. The van der Waals surface area contributed by atoms with Gasteiger partial charge in [-0.2, -0.15) is 5.10 Å². The van der Waals surface area contributed by atoms with Crippen LogP contribution in [0.1, 0.15) is 5.56 Å². The highest BCUT2D eigenvalue weighted by atomic mass is 16.5. The molecule has 0 bridgehead atoms. The van der Waals surface area contributed by atoms with Gasteiger partial charge in [0.1, 0.15) is 5.58 Å². The number of para-hydroxylation sites is 1. The lowest BCUT2D eigenvalue weighted by atomic mass is 10.2. The van der Waals surface area contributed by atoms with Crippen LogP contribution in [-0.2, 0) is 17.8 Å². The minimum atomic E-state index is 0.660. The summed E-state index contributed by atoms with van der Waals surface area (Å²) in [5, 5.41) is 8.76. The molecule has 3 aromatic rings. The van der Waals surface area contributed by atoms with Crippen LogP contribution in [0.5, 0.6) is 0 Å². The number of hydrogen-bond acceptors (Lipinski definition) is 4. The van der Waals surface area contributed by atoms with Gasteiger partial charge in [-0.25, -0.2) is 0 Å². The van der Waals surface area contributed by atoms with Gasteiger partial charge in [0, 0.05) is 30.8 Å². The molecule has 2 aromatic heterocycles. The van der Waals surface area contributed by atoms with Crippen molar-refractivity contribution in [2.24, 2.45) is 0 Å². The van der Waals surface area contributed by atoms with Crippen LogP contribution >= 0.6 is 0 Å². The molecule has 0 saturated carbocycles. The number of nitrogens with zero attached hydrogens (tertiary/aromatic N) is 2. The van der Waals surface area contributed by atoms with Gasteiger partial charge in [0.2, 0.25) is 0 Å². The van der Waals surface area contributed by atoms with Gasteiger partial charge in [-0.1, -0.05) is 18.2 Å². The normalized spacial score (nSPS) is 11.1. The van der Waals surface area contributed by atoms with Crippen LogP contribution in [0, 0.1) is 0 Å². The number of aromatic nitrogens is 2. The Morgan fingerprint density at radius 3 is 3.15 bits per heavy atom. The predicted molar refractivity (Wildman–Crippen MR) is 77.6 cm³/mol. The second-order valence-corrected chi connectivity index (χ2v) is 4.60. The van der Waals surface area contributed by atoms with E-state index in [2.05, 4.69) is 16.5 Å². The third-order valence-corrected chi connectivity index (χ3v) is 3.20. The molecule has 0 radical (unpaired) electrons. The van der Waals surface area contributed by atoms with E-state index in [1.165, 1.54) is 0 Å². The predicted octanol–water partition coefficient (Wildman–Crippen LogP) is 2.89. The van der Waals surface area contributed by atoms with E-state index in [9.17, 15) is 0 Å². The summed E-state index contributed by atoms with van der Waals surface area (Å²) < 4.78 is 12.4. The molecule has 0 amide bonds. The third kappa shape index (κ3) is 2.67. The van der Waals surface area contributed by atoms with Crippen molar-refractivity contribution >= 4 is 16.7 Å². The molecule has 2 heterocycles. The molecular formula is C15H17N3O2. The maximum atomic E-state index is 5.52. The number of benzene rings is 1. The topological polar surface area (TPSA) is 52.2 Å². The Morgan fingerprint density at radius 2 is 2.25 bits per heavy atom. The molecule has 1 aromatic carbocycles. The van der Waals surface area contributed by atoms with Crippen molar-refractivity contribution in [2.75, 3.05) is 19.0 Å². The van der Waals surface area contributed by atoms with Gasteiger partial charge in [-0.3, -0.25) is 4.68 Å². The fraction of sp³-hybridized carbons (Fsp3) is 0.267. The van der Waals surface area contributed by atoms with Gasteiger partial charge >= 0.3 is 0 Å². The maximum Gasteiger partial charge on any atom is 0.134 e. The Labute approximate surface area is 117 Å². The van der Waals surface area contributed by atoms with E-state index < -0.39 is 0 Å². The van der Waals surface area contributed by atoms with E-state index in [1.54, 1.807) is 13.4 Å². The highest BCUT2D eigenvalue weighted by molar-refractivity contribution is 5.81. The number of ether oxygens (including phenoxy) is 1. The van der Waals surface area contributed by atoms with Gasteiger partial charge in [0.25, 0.3) is 0 Å². The fourth-order valence-corrected chi connectivity index (χ4v) is 2.13. The summed E-state index contributed by atoms with van der Waals surface area (Å²) in [4.78, 5) is 0. The zero-order valence-electron chi connectivity index (χ0n) is 11.4. The molecule has 3 rings (SSSR count). The first-order valence-corrected chi connectivity index (χ1v) is 6.57. The Morgan fingerprint density at radius 1 is 1.35 bits per heavy atom. The largest absolute Gasteiger partial charge is 0.464 e. The average molecular weight is 271 g/mol. The van der Waals surface area contributed by atoms with Crippen molar-refractivity contribution in [1.29, 1.82) is 0 Å². The number of rotatable bonds is 6. The molecular weight excluding hydrogens is 254 g/mol. The fourth-order valence-electron chi connectivity index (χ4n) is 2.13. The first-order valence-electron chi connectivity index (χ1n) is 6.57.